The second-order valence-corrected chi connectivity index (χ2v) is 5.71. The molecule has 0 N–H and O–H groups in total. The van der Waals surface area contributed by atoms with E-state index in [1.807, 2.05) is 37.3 Å². The molecule has 1 aromatic carbocycles. The summed E-state index contributed by atoms with van der Waals surface area (Å²) in [7, 11) is 1.35. The van der Waals surface area contributed by atoms with Crippen LogP contribution >= 0.6 is 0 Å². The molecule has 2 atom stereocenters. The van der Waals surface area contributed by atoms with Gasteiger partial charge in [0.05, 0.1) is 24.6 Å². The van der Waals surface area contributed by atoms with Crippen molar-refractivity contribution in [1.29, 1.82) is 0 Å². The standard InChI is InChI=1S/C19H22N2O3/c1-14(19(23)24-3)13-21(15(2)16-8-5-4-6-9-16)18(22)17-10-7-11-20-12-17/h4-12,14-15H,13H2,1-3H3. The molecule has 0 aliphatic rings. The van der Waals surface area contributed by atoms with Crippen LogP contribution < -0.4 is 0 Å². The molecule has 2 rings (SSSR count). The first-order valence-corrected chi connectivity index (χ1v) is 7.88. The molecule has 0 saturated heterocycles. The summed E-state index contributed by atoms with van der Waals surface area (Å²) in [4.78, 5) is 30.4. The molecule has 1 heterocycles. The van der Waals surface area contributed by atoms with E-state index >= 15 is 0 Å². The lowest BCUT2D eigenvalue weighted by Crippen LogP contribution is -2.39. The molecular formula is C19H22N2O3. The number of pyridine rings is 1. The zero-order valence-corrected chi connectivity index (χ0v) is 14.2. The van der Waals surface area contributed by atoms with E-state index in [0.29, 0.717) is 5.56 Å². The largest absolute Gasteiger partial charge is 0.469 e. The second kappa shape index (κ2) is 8.24. The van der Waals surface area contributed by atoms with E-state index in [2.05, 4.69) is 4.98 Å². The maximum atomic E-state index is 12.9. The molecule has 2 unspecified atom stereocenters. The summed E-state index contributed by atoms with van der Waals surface area (Å²) >= 11 is 0. The number of rotatable bonds is 6. The summed E-state index contributed by atoms with van der Waals surface area (Å²) in [5.74, 6) is -0.906. The van der Waals surface area contributed by atoms with Crippen LogP contribution in [0.15, 0.2) is 54.9 Å². The number of carbonyl (C=O) groups is 2. The fraction of sp³-hybridized carbons (Fsp3) is 0.316. The third kappa shape index (κ3) is 4.19. The van der Waals surface area contributed by atoms with Crippen molar-refractivity contribution in [2.45, 2.75) is 19.9 Å². The van der Waals surface area contributed by atoms with Gasteiger partial charge in [-0.3, -0.25) is 14.6 Å². The number of methoxy groups -OCH3 is 1. The number of esters is 1. The second-order valence-electron chi connectivity index (χ2n) is 5.71. The Kier molecular flexibility index (Phi) is 6.07. The van der Waals surface area contributed by atoms with Gasteiger partial charge < -0.3 is 9.64 Å². The number of amides is 1. The summed E-state index contributed by atoms with van der Waals surface area (Å²) in [6.07, 6.45) is 3.16. The number of benzene rings is 1. The van der Waals surface area contributed by atoms with Crippen LogP contribution in [0.2, 0.25) is 0 Å². The van der Waals surface area contributed by atoms with Gasteiger partial charge in [0, 0.05) is 18.9 Å². The van der Waals surface area contributed by atoms with E-state index in [1.165, 1.54) is 13.3 Å². The highest BCUT2D eigenvalue weighted by Gasteiger charge is 2.27. The summed E-state index contributed by atoms with van der Waals surface area (Å²) in [6.45, 7) is 3.98. The molecule has 126 valence electrons. The van der Waals surface area contributed by atoms with Crippen molar-refractivity contribution in [3.63, 3.8) is 0 Å². The number of ether oxygens (including phenoxy) is 1. The van der Waals surface area contributed by atoms with Gasteiger partial charge in [0.25, 0.3) is 5.91 Å². The molecule has 0 aliphatic carbocycles. The fourth-order valence-corrected chi connectivity index (χ4v) is 2.55. The van der Waals surface area contributed by atoms with Crippen LogP contribution in [0.3, 0.4) is 0 Å². The minimum absolute atomic E-state index is 0.157. The van der Waals surface area contributed by atoms with Gasteiger partial charge in [-0.25, -0.2) is 0 Å². The summed E-state index contributed by atoms with van der Waals surface area (Å²) in [5, 5.41) is 0. The van der Waals surface area contributed by atoms with E-state index < -0.39 is 5.92 Å². The SMILES string of the molecule is COC(=O)C(C)CN(C(=O)c1cccnc1)C(C)c1ccccc1. The van der Waals surface area contributed by atoms with Crippen molar-refractivity contribution in [2.75, 3.05) is 13.7 Å². The van der Waals surface area contributed by atoms with Gasteiger partial charge in [-0.2, -0.15) is 0 Å². The van der Waals surface area contributed by atoms with Crippen molar-refractivity contribution >= 4 is 11.9 Å². The molecule has 0 spiro atoms. The van der Waals surface area contributed by atoms with Crippen molar-refractivity contribution < 1.29 is 14.3 Å². The van der Waals surface area contributed by atoms with Crippen LogP contribution in [-0.2, 0) is 9.53 Å². The lowest BCUT2D eigenvalue weighted by atomic mass is 10.0. The average Bonchev–Trinajstić information content (AvgIpc) is 2.65. The summed E-state index contributed by atoms with van der Waals surface area (Å²) in [6, 6.07) is 13.0. The number of nitrogens with zero attached hydrogens (tertiary/aromatic N) is 2. The average molecular weight is 326 g/mol. The topological polar surface area (TPSA) is 59.5 Å². The molecule has 0 radical (unpaired) electrons. The normalized spacial score (nSPS) is 13.0. The molecule has 0 aliphatic heterocycles. The highest BCUT2D eigenvalue weighted by molar-refractivity contribution is 5.94. The number of aromatic nitrogens is 1. The first-order valence-electron chi connectivity index (χ1n) is 7.88. The molecule has 1 aromatic heterocycles. The first-order chi connectivity index (χ1) is 11.5. The van der Waals surface area contributed by atoms with Crippen LogP contribution in [0.25, 0.3) is 0 Å². The maximum Gasteiger partial charge on any atom is 0.310 e. The zero-order valence-electron chi connectivity index (χ0n) is 14.2. The lowest BCUT2D eigenvalue weighted by molar-refractivity contribution is -0.145. The Balaban J connectivity index is 2.30. The van der Waals surface area contributed by atoms with E-state index in [4.69, 9.17) is 4.74 Å². The van der Waals surface area contributed by atoms with E-state index in [-0.39, 0.29) is 24.5 Å². The Morgan fingerprint density at radius 2 is 1.83 bits per heavy atom. The summed E-state index contributed by atoms with van der Waals surface area (Å²) < 4.78 is 4.79. The maximum absolute atomic E-state index is 12.9. The van der Waals surface area contributed by atoms with Gasteiger partial charge >= 0.3 is 5.97 Å². The number of carbonyl (C=O) groups excluding carboxylic acids is 2. The quantitative estimate of drug-likeness (QED) is 0.765. The van der Waals surface area contributed by atoms with Crippen LogP contribution in [0, 0.1) is 5.92 Å². The van der Waals surface area contributed by atoms with Gasteiger partial charge in [0.1, 0.15) is 0 Å². The van der Waals surface area contributed by atoms with Gasteiger partial charge in [-0.1, -0.05) is 37.3 Å². The lowest BCUT2D eigenvalue weighted by Gasteiger charge is -2.31. The van der Waals surface area contributed by atoms with Gasteiger partial charge in [-0.05, 0) is 24.6 Å². The van der Waals surface area contributed by atoms with Gasteiger partial charge in [-0.15, -0.1) is 0 Å². The number of hydrogen-bond acceptors (Lipinski definition) is 4. The Bertz CT molecular complexity index is 674. The summed E-state index contributed by atoms with van der Waals surface area (Å²) in [5.41, 5.74) is 1.50. The van der Waals surface area contributed by atoms with Gasteiger partial charge in [0.2, 0.25) is 0 Å². The molecule has 24 heavy (non-hydrogen) atoms. The van der Waals surface area contributed by atoms with Crippen LogP contribution in [0.4, 0.5) is 0 Å². The Morgan fingerprint density at radius 3 is 2.42 bits per heavy atom. The van der Waals surface area contributed by atoms with Crippen molar-refractivity contribution in [2.24, 2.45) is 5.92 Å². The minimum Gasteiger partial charge on any atom is -0.469 e. The van der Waals surface area contributed by atoms with Gasteiger partial charge in [0.15, 0.2) is 0 Å². The first kappa shape index (κ1) is 17.7. The van der Waals surface area contributed by atoms with Crippen molar-refractivity contribution in [1.82, 2.24) is 9.88 Å². The molecule has 1 amide bonds. The molecule has 0 saturated carbocycles. The smallest absolute Gasteiger partial charge is 0.310 e. The van der Waals surface area contributed by atoms with Crippen molar-refractivity contribution in [3.05, 3.63) is 66.0 Å². The minimum atomic E-state index is -0.415. The predicted octanol–water partition coefficient (Wildman–Crippen LogP) is 3.09. The third-order valence-corrected chi connectivity index (χ3v) is 3.99. The molecule has 5 nitrogen and oxygen atoms in total. The Labute approximate surface area is 142 Å². The molecule has 0 bridgehead atoms. The Hall–Kier alpha value is -2.69. The highest BCUT2D eigenvalue weighted by Crippen LogP contribution is 2.23. The highest BCUT2D eigenvalue weighted by atomic mass is 16.5. The Morgan fingerprint density at radius 1 is 1.12 bits per heavy atom. The monoisotopic (exact) mass is 326 g/mol. The van der Waals surface area contributed by atoms with E-state index in [0.717, 1.165) is 5.56 Å². The van der Waals surface area contributed by atoms with Crippen LogP contribution in [-0.4, -0.2) is 35.4 Å². The molecule has 0 fully saturated rings. The van der Waals surface area contributed by atoms with E-state index in [1.54, 1.807) is 30.2 Å². The molecule has 5 heteroatoms. The van der Waals surface area contributed by atoms with Crippen LogP contribution in [0.5, 0.6) is 0 Å². The third-order valence-electron chi connectivity index (χ3n) is 3.99. The molecule has 2 aromatic rings. The zero-order chi connectivity index (χ0) is 17.5. The molecular weight excluding hydrogens is 304 g/mol. The van der Waals surface area contributed by atoms with Crippen LogP contribution in [0.1, 0.15) is 35.8 Å². The van der Waals surface area contributed by atoms with E-state index in [9.17, 15) is 9.59 Å². The van der Waals surface area contributed by atoms with Crippen molar-refractivity contribution in [3.8, 4) is 0 Å². The number of hydrogen-bond donors (Lipinski definition) is 0. The fourth-order valence-electron chi connectivity index (χ4n) is 2.55. The predicted molar refractivity (Wildman–Crippen MR) is 91.3 cm³/mol.